The predicted octanol–water partition coefficient (Wildman–Crippen LogP) is 1.04. The molecule has 0 aliphatic rings. The van der Waals surface area contributed by atoms with Crippen LogP contribution in [0.4, 0.5) is 13.2 Å². The van der Waals surface area contributed by atoms with Crippen LogP contribution in [0.1, 0.15) is 16.1 Å². The monoisotopic (exact) mass is 328 g/mol. The fraction of sp³-hybridized carbons (Fsp3) is 0.231. The van der Waals surface area contributed by atoms with Crippen LogP contribution in [-0.2, 0) is 6.54 Å². The molecule has 0 saturated heterocycles. The van der Waals surface area contributed by atoms with E-state index in [1.54, 1.807) is 0 Å². The molecule has 7 nitrogen and oxygen atoms in total. The van der Waals surface area contributed by atoms with E-state index in [9.17, 15) is 22.8 Å². The number of nitrogens with one attached hydrogen (secondary N) is 2. The van der Waals surface area contributed by atoms with Crippen LogP contribution < -0.4 is 15.6 Å². The molecule has 2 aromatic heterocycles. The molecule has 23 heavy (non-hydrogen) atoms. The first-order chi connectivity index (χ1) is 10.8. The normalized spacial score (nSPS) is 11.1. The van der Waals surface area contributed by atoms with Crippen molar-refractivity contribution < 1.29 is 22.7 Å². The predicted molar refractivity (Wildman–Crippen MR) is 71.8 cm³/mol. The van der Waals surface area contributed by atoms with E-state index in [0.717, 1.165) is 6.07 Å². The van der Waals surface area contributed by atoms with E-state index in [0.29, 0.717) is 5.56 Å². The first-order valence-corrected chi connectivity index (χ1v) is 6.32. The van der Waals surface area contributed by atoms with Gasteiger partial charge >= 0.3 is 6.18 Å². The van der Waals surface area contributed by atoms with Gasteiger partial charge in [-0.05, 0) is 17.7 Å². The van der Waals surface area contributed by atoms with Crippen molar-refractivity contribution in [3.63, 3.8) is 0 Å². The Morgan fingerprint density at radius 1 is 1.30 bits per heavy atom. The van der Waals surface area contributed by atoms with Crippen molar-refractivity contribution in [3.8, 4) is 5.88 Å². The Morgan fingerprint density at radius 2 is 2.09 bits per heavy atom. The van der Waals surface area contributed by atoms with Gasteiger partial charge in [-0.1, -0.05) is 0 Å². The van der Waals surface area contributed by atoms with Crippen LogP contribution in [0, 0.1) is 0 Å². The summed E-state index contributed by atoms with van der Waals surface area (Å²) in [6.45, 7) is -1.42. The Labute approximate surface area is 127 Å². The molecule has 0 atom stereocenters. The molecule has 0 aliphatic carbocycles. The first-order valence-electron chi connectivity index (χ1n) is 6.32. The van der Waals surface area contributed by atoms with Crippen molar-refractivity contribution >= 4 is 5.91 Å². The van der Waals surface area contributed by atoms with Gasteiger partial charge in [0.25, 0.3) is 11.5 Å². The minimum Gasteiger partial charge on any atom is -0.468 e. The number of carbonyl (C=O) groups is 1. The molecule has 0 saturated carbocycles. The highest BCUT2D eigenvalue weighted by molar-refractivity contribution is 5.91. The third-order valence-electron chi connectivity index (χ3n) is 2.55. The number of hydrogen-bond donors (Lipinski definition) is 2. The number of nitrogens with zero attached hydrogens (tertiary/aromatic N) is 2. The van der Waals surface area contributed by atoms with Crippen LogP contribution in [0.15, 0.2) is 35.3 Å². The summed E-state index contributed by atoms with van der Waals surface area (Å²) in [5, 5.41) is 8.17. The van der Waals surface area contributed by atoms with Gasteiger partial charge in [0.2, 0.25) is 5.88 Å². The van der Waals surface area contributed by atoms with Crippen LogP contribution in [0.3, 0.4) is 0 Å². The maximum Gasteiger partial charge on any atom is 0.422 e. The Kier molecular flexibility index (Phi) is 4.94. The third-order valence-corrected chi connectivity index (χ3v) is 2.55. The average molecular weight is 328 g/mol. The van der Waals surface area contributed by atoms with Crippen LogP contribution >= 0.6 is 0 Å². The second-order valence-corrected chi connectivity index (χ2v) is 4.40. The fourth-order valence-corrected chi connectivity index (χ4v) is 1.54. The molecule has 1 amide bonds. The molecule has 2 N–H and O–H groups in total. The number of amides is 1. The quantitative estimate of drug-likeness (QED) is 0.855. The number of hydrogen-bond acceptors (Lipinski definition) is 5. The first kappa shape index (κ1) is 16.5. The standard InChI is InChI=1S/C13H11F3N4O3/c14-13(15,16)7-23-11-5-8(3-4-17-11)6-18-12(22)9-1-2-10(21)20-19-9/h1-5H,6-7H2,(H,18,22)(H,20,21). The van der Waals surface area contributed by atoms with Gasteiger partial charge in [0, 0.05) is 24.9 Å². The van der Waals surface area contributed by atoms with Crippen molar-refractivity contribution in [1.82, 2.24) is 20.5 Å². The van der Waals surface area contributed by atoms with Crippen LogP contribution in [0.25, 0.3) is 0 Å². The number of aromatic amines is 1. The second kappa shape index (κ2) is 6.90. The van der Waals surface area contributed by atoms with Crippen molar-refractivity contribution in [2.24, 2.45) is 0 Å². The van der Waals surface area contributed by atoms with Crippen molar-refractivity contribution in [2.75, 3.05) is 6.61 Å². The SMILES string of the molecule is O=C(NCc1ccnc(OCC(F)(F)F)c1)c1ccc(=O)[nH]n1. The van der Waals surface area contributed by atoms with Crippen LogP contribution in [0.5, 0.6) is 5.88 Å². The fourth-order valence-electron chi connectivity index (χ4n) is 1.54. The zero-order valence-corrected chi connectivity index (χ0v) is 11.6. The summed E-state index contributed by atoms with van der Waals surface area (Å²) in [4.78, 5) is 26.3. The molecule has 0 radical (unpaired) electrons. The summed E-state index contributed by atoms with van der Waals surface area (Å²) in [7, 11) is 0. The van der Waals surface area contributed by atoms with E-state index < -0.39 is 24.2 Å². The number of alkyl halides is 3. The average Bonchev–Trinajstić information content (AvgIpc) is 2.51. The molecule has 0 spiro atoms. The molecule has 10 heteroatoms. The zero-order valence-electron chi connectivity index (χ0n) is 11.6. The molecule has 2 rings (SSSR count). The van der Waals surface area contributed by atoms with Crippen molar-refractivity contribution in [2.45, 2.75) is 12.7 Å². The van der Waals surface area contributed by atoms with E-state index in [1.165, 1.54) is 24.4 Å². The lowest BCUT2D eigenvalue weighted by Gasteiger charge is -2.09. The highest BCUT2D eigenvalue weighted by Crippen LogP contribution is 2.17. The highest BCUT2D eigenvalue weighted by Gasteiger charge is 2.28. The van der Waals surface area contributed by atoms with E-state index in [1.807, 2.05) is 0 Å². The minimum atomic E-state index is -4.46. The Balaban J connectivity index is 1.94. The Hall–Kier alpha value is -2.91. The highest BCUT2D eigenvalue weighted by atomic mass is 19.4. The van der Waals surface area contributed by atoms with Gasteiger partial charge in [-0.15, -0.1) is 0 Å². The summed E-state index contributed by atoms with van der Waals surface area (Å²) in [6, 6.07) is 5.20. The van der Waals surface area contributed by atoms with Gasteiger partial charge < -0.3 is 10.1 Å². The molecule has 0 fully saturated rings. The van der Waals surface area contributed by atoms with Crippen molar-refractivity contribution in [1.29, 1.82) is 0 Å². The summed E-state index contributed by atoms with van der Waals surface area (Å²) < 4.78 is 40.7. The number of pyridine rings is 1. The number of H-pyrrole nitrogens is 1. The lowest BCUT2D eigenvalue weighted by atomic mass is 10.2. The molecule has 2 heterocycles. The molecule has 0 bridgehead atoms. The largest absolute Gasteiger partial charge is 0.468 e. The number of carbonyl (C=O) groups excluding carboxylic acids is 1. The number of halogens is 3. The summed E-state index contributed by atoms with van der Waals surface area (Å²) >= 11 is 0. The molecule has 2 aromatic rings. The van der Waals surface area contributed by atoms with E-state index in [4.69, 9.17) is 0 Å². The van der Waals surface area contributed by atoms with Crippen molar-refractivity contribution in [3.05, 3.63) is 52.1 Å². The molecular weight excluding hydrogens is 317 g/mol. The number of ether oxygens (including phenoxy) is 1. The number of aromatic nitrogens is 3. The second-order valence-electron chi connectivity index (χ2n) is 4.40. The molecule has 0 aliphatic heterocycles. The van der Waals surface area contributed by atoms with E-state index in [-0.39, 0.29) is 18.1 Å². The minimum absolute atomic E-state index is 0.00667. The van der Waals surface area contributed by atoms with E-state index in [2.05, 4.69) is 25.2 Å². The molecular formula is C13H11F3N4O3. The smallest absolute Gasteiger partial charge is 0.422 e. The van der Waals surface area contributed by atoms with Gasteiger partial charge in [-0.3, -0.25) is 9.59 Å². The molecule has 122 valence electrons. The lowest BCUT2D eigenvalue weighted by molar-refractivity contribution is -0.154. The Bertz CT molecular complexity index is 725. The van der Waals surface area contributed by atoms with E-state index >= 15 is 0 Å². The van der Waals surface area contributed by atoms with Gasteiger partial charge in [0.1, 0.15) is 5.69 Å². The van der Waals surface area contributed by atoms with Crippen LogP contribution in [-0.4, -0.2) is 33.9 Å². The van der Waals surface area contributed by atoms with Gasteiger partial charge in [-0.25, -0.2) is 10.1 Å². The van der Waals surface area contributed by atoms with Gasteiger partial charge in [0.15, 0.2) is 6.61 Å². The summed E-state index contributed by atoms with van der Waals surface area (Å²) in [5.74, 6) is -0.743. The summed E-state index contributed by atoms with van der Waals surface area (Å²) in [6.07, 6.45) is -3.19. The number of rotatable bonds is 5. The third kappa shape index (κ3) is 5.41. The van der Waals surface area contributed by atoms with Gasteiger partial charge in [0.05, 0.1) is 0 Å². The summed E-state index contributed by atoms with van der Waals surface area (Å²) in [5.41, 5.74) is 0.0595. The van der Waals surface area contributed by atoms with Crippen LogP contribution in [0.2, 0.25) is 0 Å². The maximum absolute atomic E-state index is 12.1. The lowest BCUT2D eigenvalue weighted by Crippen LogP contribution is -2.25. The topological polar surface area (TPSA) is 97.0 Å². The Morgan fingerprint density at radius 3 is 2.74 bits per heavy atom. The maximum atomic E-state index is 12.1. The molecule has 0 unspecified atom stereocenters. The molecule has 0 aromatic carbocycles. The van der Waals surface area contributed by atoms with Gasteiger partial charge in [-0.2, -0.15) is 18.3 Å². The zero-order chi connectivity index (χ0) is 16.9.